The molecule has 3 N–H and O–H groups in total. The lowest BCUT2D eigenvalue weighted by atomic mass is 10.1. The van der Waals surface area contributed by atoms with E-state index in [0.29, 0.717) is 35.4 Å². The summed E-state index contributed by atoms with van der Waals surface area (Å²) in [5, 5.41) is 18.8. The minimum absolute atomic E-state index is 0.464. The van der Waals surface area contributed by atoms with Crippen LogP contribution < -0.4 is 5.32 Å². The minimum Gasteiger partial charge on any atom is -0.366 e. The van der Waals surface area contributed by atoms with E-state index >= 15 is 0 Å². The van der Waals surface area contributed by atoms with Gasteiger partial charge < -0.3 is 10.3 Å². The van der Waals surface area contributed by atoms with E-state index in [1.165, 1.54) is 10.9 Å². The monoisotopic (exact) mass is 446 g/mol. The van der Waals surface area contributed by atoms with E-state index in [-0.39, 0.29) is 0 Å². The van der Waals surface area contributed by atoms with Gasteiger partial charge in [0.1, 0.15) is 11.5 Å². The third-order valence-corrected chi connectivity index (χ3v) is 5.40. The number of aromatic nitrogens is 9. The molecule has 6 aromatic rings. The summed E-state index contributed by atoms with van der Waals surface area (Å²) in [5.41, 5.74) is 5.19. The molecule has 10 heteroatoms. The van der Waals surface area contributed by atoms with Gasteiger partial charge in [-0.15, -0.1) is 10.2 Å². The van der Waals surface area contributed by atoms with Crippen LogP contribution >= 0.6 is 0 Å². The molecule has 0 spiro atoms. The second-order valence-electron chi connectivity index (χ2n) is 7.58. The number of hydrogen-bond donors (Lipinski definition) is 3. The lowest BCUT2D eigenvalue weighted by Gasteiger charge is -2.11. The van der Waals surface area contributed by atoms with Crippen LogP contribution in [-0.4, -0.2) is 45.5 Å². The lowest BCUT2D eigenvalue weighted by molar-refractivity contribution is 0.881. The molecule has 0 fully saturated rings. The molecule has 0 radical (unpaired) electrons. The molecule has 0 aliphatic rings. The largest absolute Gasteiger partial charge is 0.366 e. The summed E-state index contributed by atoms with van der Waals surface area (Å²) in [6.45, 7) is 0.606. The maximum Gasteiger partial charge on any atom is 0.206 e. The quantitative estimate of drug-likeness (QED) is 0.351. The third-order valence-electron chi connectivity index (χ3n) is 5.40. The van der Waals surface area contributed by atoms with Crippen LogP contribution in [0.15, 0.2) is 79.4 Å². The molecule has 0 amide bonds. The van der Waals surface area contributed by atoms with Gasteiger partial charge in [-0.1, -0.05) is 18.2 Å². The van der Waals surface area contributed by atoms with E-state index < -0.39 is 0 Å². The molecular formula is C24H18N10. The smallest absolute Gasteiger partial charge is 0.206 e. The number of nitrogens with zero attached hydrogens (tertiary/aromatic N) is 7. The Bertz CT molecular complexity index is 1560. The van der Waals surface area contributed by atoms with Gasteiger partial charge in [-0.25, -0.2) is 9.97 Å². The van der Waals surface area contributed by atoms with Crippen molar-refractivity contribution in [2.75, 3.05) is 5.32 Å². The van der Waals surface area contributed by atoms with Crippen LogP contribution in [0.2, 0.25) is 0 Å². The van der Waals surface area contributed by atoms with Crippen molar-refractivity contribution in [3.05, 3.63) is 84.9 Å². The fraction of sp³-hybridized carbons (Fsp3) is 0.0417. The highest BCUT2D eigenvalue weighted by molar-refractivity contribution is 5.83. The molecule has 5 heterocycles. The second kappa shape index (κ2) is 8.51. The highest BCUT2D eigenvalue weighted by Gasteiger charge is 2.12. The highest BCUT2D eigenvalue weighted by Crippen LogP contribution is 2.26. The van der Waals surface area contributed by atoms with Crippen molar-refractivity contribution in [1.29, 1.82) is 0 Å². The SMILES string of the molecule is c1ccc(-c2nc(NCc3cccc4[nH]ccc34)cc(-c3cncc(-c4nn[nH]n4)c3)n2)nc1. The molecule has 0 unspecified atom stereocenters. The Morgan fingerprint density at radius 1 is 0.853 bits per heavy atom. The van der Waals surface area contributed by atoms with Crippen molar-refractivity contribution in [1.82, 2.24) is 45.5 Å². The molecule has 1 aromatic carbocycles. The summed E-state index contributed by atoms with van der Waals surface area (Å²) in [7, 11) is 0. The predicted octanol–water partition coefficient (Wildman–Crippen LogP) is 3.87. The summed E-state index contributed by atoms with van der Waals surface area (Å²) in [6, 6.07) is 17.8. The van der Waals surface area contributed by atoms with Crippen LogP contribution in [0.3, 0.4) is 0 Å². The number of benzene rings is 1. The summed E-state index contributed by atoms with van der Waals surface area (Å²) < 4.78 is 0. The second-order valence-corrected chi connectivity index (χ2v) is 7.58. The Hall–Kier alpha value is -4.99. The van der Waals surface area contributed by atoms with Gasteiger partial charge in [0.25, 0.3) is 0 Å². The van der Waals surface area contributed by atoms with Gasteiger partial charge in [0.05, 0.1) is 5.69 Å². The molecule has 10 nitrogen and oxygen atoms in total. The third kappa shape index (κ3) is 3.84. The Labute approximate surface area is 193 Å². The zero-order valence-electron chi connectivity index (χ0n) is 17.8. The summed E-state index contributed by atoms with van der Waals surface area (Å²) in [4.78, 5) is 21.5. The van der Waals surface area contributed by atoms with Crippen LogP contribution in [0.4, 0.5) is 5.82 Å². The molecule has 0 aliphatic carbocycles. The predicted molar refractivity (Wildman–Crippen MR) is 127 cm³/mol. The van der Waals surface area contributed by atoms with Crippen molar-refractivity contribution >= 4 is 16.7 Å². The van der Waals surface area contributed by atoms with Gasteiger partial charge in [-0.3, -0.25) is 9.97 Å². The number of hydrogen-bond acceptors (Lipinski definition) is 8. The number of rotatable bonds is 6. The number of nitrogens with one attached hydrogen (secondary N) is 3. The maximum absolute atomic E-state index is 4.77. The zero-order chi connectivity index (χ0) is 22.7. The van der Waals surface area contributed by atoms with Gasteiger partial charge in [-0.05, 0) is 41.1 Å². The number of tetrazole rings is 1. The number of aromatic amines is 2. The van der Waals surface area contributed by atoms with E-state index in [1.54, 1.807) is 18.6 Å². The van der Waals surface area contributed by atoms with Crippen LogP contribution in [0.1, 0.15) is 5.56 Å². The number of fused-ring (bicyclic) bond motifs is 1. The molecule has 0 saturated carbocycles. The van der Waals surface area contributed by atoms with E-state index in [0.717, 1.165) is 16.6 Å². The van der Waals surface area contributed by atoms with Crippen LogP contribution in [0, 0.1) is 0 Å². The van der Waals surface area contributed by atoms with Crippen molar-refractivity contribution in [3.63, 3.8) is 0 Å². The Morgan fingerprint density at radius 2 is 1.82 bits per heavy atom. The summed E-state index contributed by atoms with van der Waals surface area (Å²) >= 11 is 0. The first kappa shape index (κ1) is 19.7. The minimum atomic E-state index is 0.464. The van der Waals surface area contributed by atoms with Crippen molar-refractivity contribution in [3.8, 4) is 34.2 Å². The van der Waals surface area contributed by atoms with E-state index in [9.17, 15) is 0 Å². The number of anilines is 1. The molecule has 164 valence electrons. The van der Waals surface area contributed by atoms with Gasteiger partial charge in [0, 0.05) is 59.4 Å². The first-order chi connectivity index (χ1) is 16.8. The normalized spacial score (nSPS) is 11.1. The summed E-state index contributed by atoms with van der Waals surface area (Å²) in [6.07, 6.45) is 7.10. The van der Waals surface area contributed by atoms with Gasteiger partial charge >= 0.3 is 0 Å². The maximum atomic E-state index is 4.77. The van der Waals surface area contributed by atoms with Crippen LogP contribution in [0.5, 0.6) is 0 Å². The highest BCUT2D eigenvalue weighted by atomic mass is 15.5. The molecule has 0 saturated heterocycles. The molecular weight excluding hydrogens is 428 g/mol. The molecule has 0 bridgehead atoms. The molecule has 5 aromatic heterocycles. The van der Waals surface area contributed by atoms with Gasteiger partial charge in [-0.2, -0.15) is 5.21 Å². The van der Waals surface area contributed by atoms with Crippen LogP contribution in [-0.2, 0) is 6.54 Å². The molecule has 34 heavy (non-hydrogen) atoms. The van der Waals surface area contributed by atoms with Gasteiger partial charge in [0.2, 0.25) is 5.82 Å². The Kier molecular flexibility index (Phi) is 4.92. The number of H-pyrrole nitrogens is 2. The van der Waals surface area contributed by atoms with Crippen LogP contribution in [0.25, 0.3) is 45.1 Å². The topological polar surface area (TPSA) is 134 Å². The average Bonchev–Trinajstić information content (AvgIpc) is 3.61. The van der Waals surface area contributed by atoms with Crippen molar-refractivity contribution < 1.29 is 0 Å². The fourth-order valence-electron chi connectivity index (χ4n) is 3.77. The first-order valence-electron chi connectivity index (χ1n) is 10.6. The number of pyridine rings is 2. The van der Waals surface area contributed by atoms with E-state index in [1.807, 2.05) is 42.6 Å². The molecule has 6 rings (SSSR count). The summed E-state index contributed by atoms with van der Waals surface area (Å²) in [5.74, 6) is 1.67. The van der Waals surface area contributed by atoms with Crippen molar-refractivity contribution in [2.24, 2.45) is 0 Å². The fourth-order valence-corrected chi connectivity index (χ4v) is 3.77. The lowest BCUT2D eigenvalue weighted by Crippen LogP contribution is -2.05. The molecule has 0 aliphatic heterocycles. The standard InChI is InChI=1S/C24H18N10/c1-2-8-26-20(5-1)24-29-21(16-10-17(13-25-12-16)23-31-33-34-32-23)11-22(30-24)28-14-15-4-3-6-19-18(15)7-9-27-19/h1-13,27H,14H2,(H,28,29,30)(H,31,32,33,34). The van der Waals surface area contributed by atoms with E-state index in [2.05, 4.69) is 59.1 Å². The Balaban J connectivity index is 1.39. The Morgan fingerprint density at radius 3 is 2.71 bits per heavy atom. The zero-order valence-corrected chi connectivity index (χ0v) is 17.8. The average molecular weight is 446 g/mol. The first-order valence-corrected chi connectivity index (χ1v) is 10.6. The van der Waals surface area contributed by atoms with Gasteiger partial charge in [0.15, 0.2) is 5.82 Å². The van der Waals surface area contributed by atoms with E-state index in [4.69, 9.17) is 9.97 Å². The van der Waals surface area contributed by atoms with Crippen molar-refractivity contribution in [2.45, 2.75) is 6.54 Å². The molecule has 0 atom stereocenters.